The number of ether oxygens (including phenoxy) is 3. The van der Waals surface area contributed by atoms with Crippen LogP contribution in [0.25, 0.3) is 0 Å². The highest BCUT2D eigenvalue weighted by Gasteiger charge is 2.22. The summed E-state index contributed by atoms with van der Waals surface area (Å²) in [4.78, 5) is 11.3. The molecular formula is C19H24N2O6S. The quantitative estimate of drug-likeness (QED) is 0.696. The lowest BCUT2D eigenvalue weighted by atomic mass is 10.1. The van der Waals surface area contributed by atoms with Crippen molar-refractivity contribution in [3.63, 3.8) is 0 Å². The van der Waals surface area contributed by atoms with Crippen LogP contribution in [0.3, 0.4) is 0 Å². The lowest BCUT2D eigenvalue weighted by Gasteiger charge is -2.19. The van der Waals surface area contributed by atoms with Crippen LogP contribution in [0.1, 0.15) is 25.5 Å². The molecule has 0 aliphatic heterocycles. The molecule has 8 nitrogen and oxygen atoms in total. The monoisotopic (exact) mass is 408 g/mol. The fraction of sp³-hybridized carbons (Fsp3) is 0.316. The van der Waals surface area contributed by atoms with E-state index in [1.165, 1.54) is 46.5 Å². The van der Waals surface area contributed by atoms with E-state index < -0.39 is 16.1 Å². The second-order valence-electron chi connectivity index (χ2n) is 5.99. The molecule has 0 heterocycles. The van der Waals surface area contributed by atoms with Gasteiger partial charge in [-0.1, -0.05) is 0 Å². The zero-order chi connectivity index (χ0) is 20.9. The molecule has 0 radical (unpaired) electrons. The molecule has 0 aromatic heterocycles. The van der Waals surface area contributed by atoms with Gasteiger partial charge in [-0.25, -0.2) is 13.1 Å². The lowest BCUT2D eigenvalue weighted by Crippen LogP contribution is -2.27. The first-order valence-electron chi connectivity index (χ1n) is 8.41. The smallest absolute Gasteiger partial charge is 0.241 e. The minimum absolute atomic E-state index is 0.00663. The van der Waals surface area contributed by atoms with Gasteiger partial charge >= 0.3 is 0 Å². The van der Waals surface area contributed by atoms with E-state index in [0.717, 1.165) is 0 Å². The molecule has 0 fully saturated rings. The van der Waals surface area contributed by atoms with Crippen molar-refractivity contribution in [2.24, 2.45) is 0 Å². The first-order valence-corrected chi connectivity index (χ1v) is 9.90. The Morgan fingerprint density at radius 2 is 1.64 bits per heavy atom. The zero-order valence-electron chi connectivity index (χ0n) is 16.4. The van der Waals surface area contributed by atoms with Crippen LogP contribution in [0, 0.1) is 0 Å². The molecule has 9 heteroatoms. The van der Waals surface area contributed by atoms with E-state index in [4.69, 9.17) is 14.2 Å². The zero-order valence-corrected chi connectivity index (χ0v) is 17.2. The summed E-state index contributed by atoms with van der Waals surface area (Å²) < 4.78 is 44.0. The van der Waals surface area contributed by atoms with Crippen molar-refractivity contribution in [3.8, 4) is 17.2 Å². The minimum atomic E-state index is -3.87. The van der Waals surface area contributed by atoms with Gasteiger partial charge in [0.1, 0.15) is 17.2 Å². The van der Waals surface area contributed by atoms with Crippen molar-refractivity contribution in [2.75, 3.05) is 26.6 Å². The predicted octanol–water partition coefficient (Wildman–Crippen LogP) is 2.71. The Labute approximate surface area is 164 Å². The van der Waals surface area contributed by atoms with E-state index in [1.807, 2.05) is 0 Å². The molecule has 0 aliphatic carbocycles. The number of benzene rings is 2. The lowest BCUT2D eigenvalue weighted by molar-refractivity contribution is -0.114. The summed E-state index contributed by atoms with van der Waals surface area (Å²) in [5.41, 5.74) is 1.02. The Morgan fingerprint density at radius 1 is 0.964 bits per heavy atom. The number of rotatable bonds is 8. The van der Waals surface area contributed by atoms with E-state index in [0.29, 0.717) is 22.7 Å². The third-order valence-corrected chi connectivity index (χ3v) is 5.57. The maximum absolute atomic E-state index is 12.8. The van der Waals surface area contributed by atoms with E-state index in [1.54, 1.807) is 25.1 Å². The van der Waals surface area contributed by atoms with Gasteiger partial charge in [-0.3, -0.25) is 4.79 Å². The van der Waals surface area contributed by atoms with Crippen molar-refractivity contribution in [2.45, 2.75) is 24.8 Å². The van der Waals surface area contributed by atoms with Gasteiger partial charge in [-0.2, -0.15) is 0 Å². The van der Waals surface area contributed by atoms with Crippen molar-refractivity contribution in [3.05, 3.63) is 42.0 Å². The Bertz CT molecular complexity index is 959. The molecule has 0 saturated heterocycles. The molecule has 2 aromatic carbocycles. The van der Waals surface area contributed by atoms with Crippen LogP contribution in [-0.2, 0) is 14.8 Å². The summed E-state index contributed by atoms with van der Waals surface area (Å²) in [6.07, 6.45) is 0. The normalized spacial score (nSPS) is 12.2. The number of methoxy groups -OCH3 is 3. The van der Waals surface area contributed by atoms with Gasteiger partial charge in [0.05, 0.1) is 31.9 Å². The molecule has 2 N–H and O–H groups in total. The van der Waals surface area contributed by atoms with Crippen LogP contribution in [0.4, 0.5) is 5.69 Å². The number of nitrogens with one attached hydrogen (secondary N) is 2. The van der Waals surface area contributed by atoms with Gasteiger partial charge in [0, 0.05) is 24.6 Å². The first kappa shape index (κ1) is 21.5. The van der Waals surface area contributed by atoms with Gasteiger partial charge in [-0.05, 0) is 37.3 Å². The van der Waals surface area contributed by atoms with Crippen LogP contribution >= 0.6 is 0 Å². The molecule has 28 heavy (non-hydrogen) atoms. The number of hydrogen-bond acceptors (Lipinski definition) is 6. The Hall–Kier alpha value is -2.78. The molecule has 2 aromatic rings. The molecule has 0 saturated carbocycles. The van der Waals surface area contributed by atoms with Gasteiger partial charge in [0.15, 0.2) is 0 Å². The number of carbonyl (C=O) groups is 1. The molecule has 1 amide bonds. The molecule has 152 valence electrons. The Balaban J connectivity index is 2.34. The number of anilines is 1. The fourth-order valence-electron chi connectivity index (χ4n) is 2.67. The standard InChI is InChI=1S/C19H24N2O6S/c1-12(16-10-14(25-3)6-9-18(16)26-4)21-28(23,24)15-7-8-17(20-13(2)22)19(11-15)27-5/h6-12,21H,1-5H3,(H,20,22). The molecule has 0 aliphatic rings. The summed E-state index contributed by atoms with van der Waals surface area (Å²) in [5.74, 6) is 1.08. The predicted molar refractivity (Wildman–Crippen MR) is 106 cm³/mol. The highest BCUT2D eigenvalue weighted by Crippen LogP contribution is 2.31. The molecule has 0 spiro atoms. The van der Waals surface area contributed by atoms with Crippen LogP contribution < -0.4 is 24.2 Å². The molecule has 2 rings (SSSR count). The molecule has 1 atom stereocenters. The highest BCUT2D eigenvalue weighted by molar-refractivity contribution is 7.89. The minimum Gasteiger partial charge on any atom is -0.497 e. The first-order chi connectivity index (χ1) is 13.2. The summed E-state index contributed by atoms with van der Waals surface area (Å²) >= 11 is 0. The Kier molecular flexibility index (Phi) is 6.87. The summed E-state index contributed by atoms with van der Waals surface area (Å²) in [6, 6.07) is 8.79. The number of amides is 1. The van der Waals surface area contributed by atoms with Gasteiger partial charge in [0.25, 0.3) is 0 Å². The van der Waals surface area contributed by atoms with E-state index >= 15 is 0 Å². The third-order valence-electron chi connectivity index (χ3n) is 4.03. The SMILES string of the molecule is COc1ccc(OC)c(C(C)NS(=O)(=O)c2ccc(NC(C)=O)c(OC)c2)c1. The van der Waals surface area contributed by atoms with E-state index in [2.05, 4.69) is 10.0 Å². The fourth-order valence-corrected chi connectivity index (χ4v) is 3.91. The van der Waals surface area contributed by atoms with Gasteiger partial charge in [0.2, 0.25) is 15.9 Å². The average molecular weight is 408 g/mol. The van der Waals surface area contributed by atoms with Crippen molar-refractivity contribution < 1.29 is 27.4 Å². The number of sulfonamides is 1. The highest BCUT2D eigenvalue weighted by atomic mass is 32.2. The van der Waals surface area contributed by atoms with Gasteiger partial charge in [-0.15, -0.1) is 0 Å². The van der Waals surface area contributed by atoms with Gasteiger partial charge < -0.3 is 19.5 Å². The second kappa shape index (κ2) is 8.94. The van der Waals surface area contributed by atoms with Crippen LogP contribution in [-0.4, -0.2) is 35.7 Å². The average Bonchev–Trinajstić information content (AvgIpc) is 2.66. The van der Waals surface area contributed by atoms with Crippen LogP contribution in [0.15, 0.2) is 41.3 Å². The number of hydrogen-bond donors (Lipinski definition) is 2. The summed E-state index contributed by atoms with van der Waals surface area (Å²) in [7, 11) is 0.571. The van der Waals surface area contributed by atoms with E-state index in [9.17, 15) is 13.2 Å². The Morgan fingerprint density at radius 3 is 2.21 bits per heavy atom. The van der Waals surface area contributed by atoms with E-state index in [-0.39, 0.29) is 16.6 Å². The largest absolute Gasteiger partial charge is 0.497 e. The summed E-state index contributed by atoms with van der Waals surface area (Å²) in [5, 5.41) is 2.59. The summed E-state index contributed by atoms with van der Waals surface area (Å²) in [6.45, 7) is 3.06. The van der Waals surface area contributed by atoms with Crippen LogP contribution in [0.5, 0.6) is 17.2 Å². The molecule has 0 bridgehead atoms. The second-order valence-corrected chi connectivity index (χ2v) is 7.71. The topological polar surface area (TPSA) is 103 Å². The maximum Gasteiger partial charge on any atom is 0.241 e. The van der Waals surface area contributed by atoms with Crippen LogP contribution in [0.2, 0.25) is 0 Å². The third kappa shape index (κ3) is 4.93. The number of carbonyl (C=O) groups excluding carboxylic acids is 1. The van der Waals surface area contributed by atoms with Crippen molar-refractivity contribution in [1.29, 1.82) is 0 Å². The van der Waals surface area contributed by atoms with Crippen molar-refractivity contribution in [1.82, 2.24) is 4.72 Å². The maximum atomic E-state index is 12.8. The molecule has 1 unspecified atom stereocenters. The molecular weight excluding hydrogens is 384 g/mol. The van der Waals surface area contributed by atoms with Crippen molar-refractivity contribution >= 4 is 21.6 Å².